The van der Waals surface area contributed by atoms with Crippen molar-refractivity contribution < 1.29 is 4.63 Å². The van der Waals surface area contributed by atoms with Crippen LogP contribution in [0.15, 0.2) is 53.2 Å². The van der Waals surface area contributed by atoms with E-state index in [0.29, 0.717) is 22.9 Å². The van der Waals surface area contributed by atoms with Gasteiger partial charge in [-0.3, -0.25) is 0 Å². The Labute approximate surface area is 171 Å². The molecule has 2 aromatic carbocycles. The zero-order valence-corrected chi connectivity index (χ0v) is 17.8. The molecule has 0 saturated heterocycles. The SMILES string of the molecule is CC.CC.Cc1ccccc1Nc1nc2nonc2nc1Nc1ccccc1C. The topological polar surface area (TPSA) is 88.8 Å². The fourth-order valence-electron chi connectivity index (χ4n) is 2.49. The maximum absolute atomic E-state index is 4.74. The molecule has 7 heteroatoms. The molecule has 152 valence electrons. The summed E-state index contributed by atoms with van der Waals surface area (Å²) in [5, 5.41) is 14.2. The summed E-state index contributed by atoms with van der Waals surface area (Å²) >= 11 is 0. The summed E-state index contributed by atoms with van der Waals surface area (Å²) in [6, 6.07) is 15.9. The van der Waals surface area contributed by atoms with Gasteiger partial charge in [-0.25, -0.2) is 14.6 Å². The number of aromatic nitrogens is 4. The van der Waals surface area contributed by atoms with Crippen LogP contribution in [-0.2, 0) is 0 Å². The Morgan fingerprint density at radius 3 is 1.38 bits per heavy atom. The molecule has 7 nitrogen and oxygen atoms in total. The Kier molecular flexibility index (Phi) is 8.09. The van der Waals surface area contributed by atoms with Crippen LogP contribution in [0.5, 0.6) is 0 Å². The number of fused-ring (bicyclic) bond motifs is 1. The molecule has 4 rings (SSSR count). The van der Waals surface area contributed by atoms with Gasteiger partial charge >= 0.3 is 0 Å². The Hall–Kier alpha value is -3.48. The Morgan fingerprint density at radius 2 is 1.00 bits per heavy atom. The van der Waals surface area contributed by atoms with Crippen LogP contribution in [0.3, 0.4) is 0 Å². The van der Waals surface area contributed by atoms with E-state index in [9.17, 15) is 0 Å². The number of hydrogen-bond donors (Lipinski definition) is 2. The molecule has 0 saturated carbocycles. The van der Waals surface area contributed by atoms with Crippen molar-refractivity contribution in [3.05, 3.63) is 59.7 Å². The number of nitrogens with zero attached hydrogens (tertiary/aromatic N) is 4. The Balaban J connectivity index is 0.000000707. The van der Waals surface area contributed by atoms with Crippen LogP contribution < -0.4 is 10.6 Å². The summed E-state index contributed by atoms with van der Waals surface area (Å²) in [6.45, 7) is 12.1. The number of nitrogens with one attached hydrogen (secondary N) is 2. The standard InChI is InChI=1S/C18H16N6O.2C2H6/c1-11-7-3-5-9-13(11)19-15-16(20-14-10-6-4-8-12(14)2)22-18-17(21-15)23-25-24-18;2*1-2/h3-10H,1-2H3,(H,19,21,23)(H,20,22,24);2*1-2H3. The van der Waals surface area contributed by atoms with Gasteiger partial charge < -0.3 is 10.6 Å². The van der Waals surface area contributed by atoms with Crippen molar-refractivity contribution >= 4 is 34.3 Å². The molecule has 0 amide bonds. The highest BCUT2D eigenvalue weighted by Crippen LogP contribution is 2.28. The summed E-state index contributed by atoms with van der Waals surface area (Å²) < 4.78 is 4.74. The first-order valence-electron chi connectivity index (χ1n) is 9.86. The first-order valence-corrected chi connectivity index (χ1v) is 9.86. The van der Waals surface area contributed by atoms with Crippen LogP contribution >= 0.6 is 0 Å². The quantitative estimate of drug-likeness (QED) is 0.429. The highest BCUT2D eigenvalue weighted by Gasteiger charge is 2.14. The van der Waals surface area contributed by atoms with Crippen molar-refractivity contribution in [2.45, 2.75) is 41.5 Å². The zero-order valence-electron chi connectivity index (χ0n) is 17.8. The highest BCUT2D eigenvalue weighted by atomic mass is 16.6. The maximum atomic E-state index is 4.74. The molecular weight excluding hydrogens is 364 g/mol. The molecule has 29 heavy (non-hydrogen) atoms. The van der Waals surface area contributed by atoms with Gasteiger partial charge in [-0.15, -0.1) is 0 Å². The first kappa shape index (κ1) is 21.8. The molecule has 2 heterocycles. The van der Waals surface area contributed by atoms with E-state index in [0.717, 1.165) is 22.5 Å². The molecule has 0 aliphatic heterocycles. The normalized spacial score (nSPS) is 9.72. The van der Waals surface area contributed by atoms with Gasteiger partial charge in [0.05, 0.1) is 0 Å². The lowest BCUT2D eigenvalue weighted by Crippen LogP contribution is -2.04. The molecule has 2 aromatic heterocycles. The van der Waals surface area contributed by atoms with Crippen molar-refractivity contribution in [2.75, 3.05) is 10.6 Å². The van der Waals surface area contributed by atoms with Gasteiger partial charge in [-0.2, -0.15) is 0 Å². The fraction of sp³-hybridized carbons (Fsp3) is 0.273. The van der Waals surface area contributed by atoms with Crippen molar-refractivity contribution in [3.8, 4) is 0 Å². The molecule has 0 fully saturated rings. The van der Waals surface area contributed by atoms with Gasteiger partial charge in [0.25, 0.3) is 0 Å². The summed E-state index contributed by atoms with van der Waals surface area (Å²) in [5.74, 6) is 1.11. The van der Waals surface area contributed by atoms with E-state index in [1.54, 1.807) is 0 Å². The molecule has 0 aliphatic carbocycles. The van der Waals surface area contributed by atoms with Gasteiger partial charge in [0.2, 0.25) is 11.3 Å². The van der Waals surface area contributed by atoms with E-state index < -0.39 is 0 Å². The largest absolute Gasteiger partial charge is 0.337 e. The van der Waals surface area contributed by atoms with E-state index in [-0.39, 0.29) is 0 Å². The minimum atomic E-state index is 0.353. The van der Waals surface area contributed by atoms with Crippen LogP contribution in [0, 0.1) is 13.8 Å². The molecule has 0 radical (unpaired) electrons. The third-order valence-electron chi connectivity index (χ3n) is 3.91. The summed E-state index contributed by atoms with van der Waals surface area (Å²) in [6.07, 6.45) is 0. The van der Waals surface area contributed by atoms with Crippen molar-refractivity contribution in [1.29, 1.82) is 0 Å². The van der Waals surface area contributed by atoms with Gasteiger partial charge in [0.1, 0.15) is 0 Å². The summed E-state index contributed by atoms with van der Waals surface area (Å²) in [5.41, 5.74) is 4.80. The van der Waals surface area contributed by atoms with Crippen LogP contribution in [-0.4, -0.2) is 20.3 Å². The predicted molar refractivity (Wildman–Crippen MR) is 119 cm³/mol. The van der Waals surface area contributed by atoms with Crippen LogP contribution in [0.1, 0.15) is 38.8 Å². The molecule has 0 atom stereocenters. The molecule has 2 N–H and O–H groups in total. The number of hydrogen-bond acceptors (Lipinski definition) is 7. The van der Waals surface area contributed by atoms with E-state index in [1.165, 1.54) is 0 Å². The average molecular weight is 393 g/mol. The number of benzene rings is 2. The predicted octanol–water partition coefficient (Wildman–Crippen LogP) is 6.17. The zero-order chi connectivity index (χ0) is 21.2. The van der Waals surface area contributed by atoms with Crippen molar-refractivity contribution in [2.24, 2.45) is 0 Å². The second kappa shape index (κ2) is 10.8. The number of anilines is 4. The third-order valence-corrected chi connectivity index (χ3v) is 3.91. The smallest absolute Gasteiger partial charge is 0.245 e. The molecule has 0 spiro atoms. The van der Waals surface area contributed by atoms with Crippen molar-refractivity contribution in [1.82, 2.24) is 20.3 Å². The van der Waals surface area contributed by atoms with Gasteiger partial charge in [0.15, 0.2) is 11.6 Å². The molecule has 0 bridgehead atoms. The third kappa shape index (κ3) is 5.28. The lowest BCUT2D eigenvalue weighted by molar-refractivity contribution is 0.314. The second-order valence-electron chi connectivity index (χ2n) is 5.71. The van der Waals surface area contributed by atoms with E-state index in [4.69, 9.17) is 4.63 Å². The van der Waals surface area contributed by atoms with Crippen LogP contribution in [0.4, 0.5) is 23.0 Å². The summed E-state index contributed by atoms with van der Waals surface area (Å²) in [7, 11) is 0. The molecule has 0 unspecified atom stereocenters. The maximum Gasteiger partial charge on any atom is 0.245 e. The average Bonchev–Trinajstić information content (AvgIpc) is 3.22. The number of rotatable bonds is 4. The second-order valence-corrected chi connectivity index (χ2v) is 5.71. The fourth-order valence-corrected chi connectivity index (χ4v) is 2.49. The minimum absolute atomic E-state index is 0.353. The minimum Gasteiger partial charge on any atom is -0.337 e. The molecule has 4 aromatic rings. The van der Waals surface area contributed by atoms with E-state index >= 15 is 0 Å². The lowest BCUT2D eigenvalue weighted by Gasteiger charge is -2.14. The number of para-hydroxylation sites is 2. The highest BCUT2D eigenvalue weighted by molar-refractivity contribution is 5.80. The van der Waals surface area contributed by atoms with E-state index in [1.807, 2.05) is 90.1 Å². The monoisotopic (exact) mass is 392 g/mol. The lowest BCUT2D eigenvalue weighted by atomic mass is 10.2. The Morgan fingerprint density at radius 1 is 0.621 bits per heavy atom. The van der Waals surface area contributed by atoms with Gasteiger partial charge in [-0.1, -0.05) is 64.1 Å². The van der Waals surface area contributed by atoms with Gasteiger partial charge in [0, 0.05) is 11.4 Å². The van der Waals surface area contributed by atoms with Crippen LogP contribution in [0.2, 0.25) is 0 Å². The number of aryl methyl sites for hydroxylation is 2. The molecule has 0 aliphatic rings. The van der Waals surface area contributed by atoms with Crippen LogP contribution in [0.25, 0.3) is 11.3 Å². The Bertz CT molecular complexity index is 963. The first-order chi connectivity index (χ1) is 14.2. The van der Waals surface area contributed by atoms with Crippen molar-refractivity contribution in [3.63, 3.8) is 0 Å². The molecular formula is C22H28N6O. The van der Waals surface area contributed by atoms with E-state index in [2.05, 4.69) is 30.9 Å². The van der Waals surface area contributed by atoms with Gasteiger partial charge in [-0.05, 0) is 47.4 Å². The summed E-state index contributed by atoms with van der Waals surface area (Å²) in [4.78, 5) is 8.99.